The van der Waals surface area contributed by atoms with E-state index in [9.17, 15) is 4.39 Å². The Morgan fingerprint density at radius 1 is 1.14 bits per heavy atom. The van der Waals surface area contributed by atoms with Crippen LogP contribution in [0.15, 0.2) is 18.2 Å². The van der Waals surface area contributed by atoms with Crippen molar-refractivity contribution in [1.29, 1.82) is 0 Å². The Kier molecular flexibility index (Phi) is 4.96. The van der Waals surface area contributed by atoms with Crippen molar-refractivity contribution in [3.63, 3.8) is 0 Å². The summed E-state index contributed by atoms with van der Waals surface area (Å²) in [7, 11) is 0. The number of anilines is 3. The van der Waals surface area contributed by atoms with Crippen LogP contribution in [0.2, 0.25) is 5.02 Å². The molecular weight excluding hydrogens is 291 g/mol. The van der Waals surface area contributed by atoms with Crippen LogP contribution in [-0.2, 0) is 6.42 Å². The second-order valence-electron chi connectivity index (χ2n) is 4.63. The Bertz CT molecular complexity index is 626. The number of hydrogen-bond donors (Lipinski definition) is 2. The first-order chi connectivity index (χ1) is 10.0. The van der Waals surface area contributed by atoms with E-state index < -0.39 is 0 Å². The molecule has 6 heteroatoms. The summed E-state index contributed by atoms with van der Waals surface area (Å²) in [6, 6.07) is 4.30. The molecule has 0 spiro atoms. The number of rotatable bonds is 5. The van der Waals surface area contributed by atoms with Crippen molar-refractivity contribution in [2.75, 3.05) is 17.2 Å². The smallest absolute Gasteiger partial charge is 0.139 e. The van der Waals surface area contributed by atoms with Crippen molar-refractivity contribution in [3.05, 3.63) is 40.4 Å². The first-order valence-corrected chi connectivity index (χ1v) is 7.25. The Hall–Kier alpha value is -1.88. The lowest BCUT2D eigenvalue weighted by molar-refractivity contribution is 0.628. The van der Waals surface area contributed by atoms with Gasteiger partial charge in [-0.05, 0) is 32.0 Å². The summed E-state index contributed by atoms with van der Waals surface area (Å²) in [6.07, 6.45) is 0.720. The summed E-state index contributed by atoms with van der Waals surface area (Å²) < 4.78 is 13.4. The first kappa shape index (κ1) is 15.5. The fraction of sp³-hybridized carbons (Fsp3) is 0.333. The average molecular weight is 309 g/mol. The molecule has 2 rings (SSSR count). The molecule has 0 saturated carbocycles. The Balaban J connectivity index is 2.40. The van der Waals surface area contributed by atoms with Gasteiger partial charge in [0, 0.05) is 29.2 Å². The van der Waals surface area contributed by atoms with Crippen molar-refractivity contribution in [1.82, 2.24) is 9.97 Å². The average Bonchev–Trinajstić information content (AvgIpc) is 2.42. The molecular formula is C15H18ClFN4. The number of halogens is 2. The van der Waals surface area contributed by atoms with Crippen molar-refractivity contribution in [3.8, 4) is 0 Å². The Morgan fingerprint density at radius 3 is 2.48 bits per heavy atom. The van der Waals surface area contributed by atoms with Gasteiger partial charge in [-0.2, -0.15) is 0 Å². The van der Waals surface area contributed by atoms with Crippen molar-refractivity contribution in [2.24, 2.45) is 0 Å². The molecule has 0 saturated heterocycles. The van der Waals surface area contributed by atoms with E-state index in [1.165, 1.54) is 12.1 Å². The van der Waals surface area contributed by atoms with E-state index in [1.807, 2.05) is 20.8 Å². The third kappa shape index (κ3) is 3.82. The molecule has 0 aliphatic heterocycles. The van der Waals surface area contributed by atoms with Crippen LogP contribution in [-0.4, -0.2) is 16.5 Å². The van der Waals surface area contributed by atoms with Gasteiger partial charge < -0.3 is 10.6 Å². The SMILES string of the molecule is CCNc1nc(CC)nc(Nc2cc(F)cc(Cl)c2)c1C. The molecule has 112 valence electrons. The van der Waals surface area contributed by atoms with Gasteiger partial charge in [0.25, 0.3) is 0 Å². The molecule has 0 radical (unpaired) electrons. The second kappa shape index (κ2) is 6.72. The maximum absolute atomic E-state index is 13.4. The zero-order valence-electron chi connectivity index (χ0n) is 12.3. The molecule has 0 aliphatic carbocycles. The van der Waals surface area contributed by atoms with Crippen LogP contribution in [0.5, 0.6) is 0 Å². The zero-order chi connectivity index (χ0) is 15.4. The predicted octanol–water partition coefficient (Wildman–Crippen LogP) is 4.32. The molecule has 0 aliphatic rings. The fourth-order valence-corrected chi connectivity index (χ4v) is 2.17. The van der Waals surface area contributed by atoms with Gasteiger partial charge in [-0.25, -0.2) is 14.4 Å². The lowest BCUT2D eigenvalue weighted by atomic mass is 10.2. The highest BCUT2D eigenvalue weighted by atomic mass is 35.5. The minimum absolute atomic E-state index is 0.340. The van der Waals surface area contributed by atoms with Gasteiger partial charge >= 0.3 is 0 Å². The Labute approximate surface area is 128 Å². The van der Waals surface area contributed by atoms with Gasteiger partial charge in [0.05, 0.1) is 0 Å². The number of benzene rings is 1. The maximum Gasteiger partial charge on any atom is 0.139 e. The molecule has 0 amide bonds. The summed E-state index contributed by atoms with van der Waals surface area (Å²) in [5.41, 5.74) is 1.45. The van der Waals surface area contributed by atoms with Crippen LogP contribution in [0.25, 0.3) is 0 Å². The van der Waals surface area contributed by atoms with E-state index in [0.29, 0.717) is 16.5 Å². The summed E-state index contributed by atoms with van der Waals surface area (Å²) in [5.74, 6) is 1.77. The molecule has 0 unspecified atom stereocenters. The molecule has 21 heavy (non-hydrogen) atoms. The summed E-state index contributed by atoms with van der Waals surface area (Å²) in [6.45, 7) is 6.68. The van der Waals surface area contributed by atoms with E-state index >= 15 is 0 Å². The van der Waals surface area contributed by atoms with E-state index in [0.717, 1.165) is 30.2 Å². The standard InChI is InChI=1S/C15H18ClFN4/c1-4-13-20-14(18-5-2)9(3)15(21-13)19-12-7-10(16)6-11(17)8-12/h6-8H,4-5H2,1-3H3,(H2,18,19,20,21). The van der Waals surface area contributed by atoms with Gasteiger partial charge in [-0.15, -0.1) is 0 Å². The van der Waals surface area contributed by atoms with Gasteiger partial charge in [0.2, 0.25) is 0 Å². The molecule has 1 aromatic carbocycles. The molecule has 0 fully saturated rings. The van der Waals surface area contributed by atoms with Gasteiger partial charge in [-0.3, -0.25) is 0 Å². The van der Waals surface area contributed by atoms with E-state index in [2.05, 4.69) is 20.6 Å². The number of nitrogens with zero attached hydrogens (tertiary/aromatic N) is 2. The van der Waals surface area contributed by atoms with E-state index in [4.69, 9.17) is 11.6 Å². The van der Waals surface area contributed by atoms with Gasteiger partial charge in [-0.1, -0.05) is 18.5 Å². The van der Waals surface area contributed by atoms with Crippen LogP contribution >= 0.6 is 11.6 Å². The first-order valence-electron chi connectivity index (χ1n) is 6.88. The lowest BCUT2D eigenvalue weighted by Gasteiger charge is -2.14. The number of hydrogen-bond acceptors (Lipinski definition) is 4. The normalized spacial score (nSPS) is 10.5. The van der Waals surface area contributed by atoms with Crippen LogP contribution in [0.4, 0.5) is 21.7 Å². The number of aryl methyl sites for hydroxylation is 1. The molecule has 0 atom stereocenters. The lowest BCUT2D eigenvalue weighted by Crippen LogP contribution is -2.09. The van der Waals surface area contributed by atoms with Crippen LogP contribution < -0.4 is 10.6 Å². The molecule has 2 N–H and O–H groups in total. The van der Waals surface area contributed by atoms with Crippen molar-refractivity contribution < 1.29 is 4.39 Å². The topological polar surface area (TPSA) is 49.8 Å². The highest BCUT2D eigenvalue weighted by molar-refractivity contribution is 6.30. The summed E-state index contributed by atoms with van der Waals surface area (Å²) in [5, 5.41) is 6.66. The quantitative estimate of drug-likeness (QED) is 0.864. The van der Waals surface area contributed by atoms with E-state index in [1.54, 1.807) is 6.07 Å². The predicted molar refractivity (Wildman–Crippen MR) is 85.0 cm³/mol. The van der Waals surface area contributed by atoms with Crippen LogP contribution in [0.1, 0.15) is 25.2 Å². The van der Waals surface area contributed by atoms with Crippen LogP contribution in [0.3, 0.4) is 0 Å². The minimum atomic E-state index is -0.390. The highest BCUT2D eigenvalue weighted by Gasteiger charge is 2.10. The monoisotopic (exact) mass is 308 g/mol. The zero-order valence-corrected chi connectivity index (χ0v) is 13.1. The third-order valence-corrected chi connectivity index (χ3v) is 3.20. The highest BCUT2D eigenvalue weighted by Crippen LogP contribution is 2.26. The summed E-state index contributed by atoms with van der Waals surface area (Å²) >= 11 is 5.87. The Morgan fingerprint density at radius 2 is 1.86 bits per heavy atom. The van der Waals surface area contributed by atoms with Crippen LogP contribution in [0, 0.1) is 12.7 Å². The largest absolute Gasteiger partial charge is 0.370 e. The second-order valence-corrected chi connectivity index (χ2v) is 5.07. The maximum atomic E-state index is 13.4. The molecule has 4 nitrogen and oxygen atoms in total. The molecule has 1 heterocycles. The molecule has 0 bridgehead atoms. The third-order valence-electron chi connectivity index (χ3n) is 2.98. The fourth-order valence-electron chi connectivity index (χ4n) is 1.95. The molecule has 2 aromatic rings. The molecule has 1 aromatic heterocycles. The van der Waals surface area contributed by atoms with Crippen molar-refractivity contribution in [2.45, 2.75) is 27.2 Å². The minimum Gasteiger partial charge on any atom is -0.370 e. The number of nitrogens with one attached hydrogen (secondary N) is 2. The number of aromatic nitrogens is 2. The summed E-state index contributed by atoms with van der Waals surface area (Å²) in [4.78, 5) is 8.92. The van der Waals surface area contributed by atoms with Gasteiger partial charge in [0.15, 0.2) is 0 Å². The van der Waals surface area contributed by atoms with Crippen molar-refractivity contribution >= 4 is 28.9 Å². The van der Waals surface area contributed by atoms with E-state index in [-0.39, 0.29) is 5.82 Å². The van der Waals surface area contributed by atoms with Gasteiger partial charge in [0.1, 0.15) is 23.3 Å².